The van der Waals surface area contributed by atoms with Crippen LogP contribution in [-0.4, -0.2) is 26.1 Å². The Morgan fingerprint density at radius 3 is 2.90 bits per heavy atom. The van der Waals surface area contributed by atoms with Crippen molar-refractivity contribution in [1.29, 1.82) is 0 Å². The molecule has 2 heterocycles. The zero-order valence-corrected chi connectivity index (χ0v) is 12.6. The molecule has 5 heteroatoms. The highest BCUT2D eigenvalue weighted by Gasteiger charge is 2.05. The van der Waals surface area contributed by atoms with Crippen molar-refractivity contribution < 1.29 is 0 Å². The van der Waals surface area contributed by atoms with Gasteiger partial charge < -0.3 is 9.88 Å². The molecular weight excluding hydrogens is 262 g/mol. The lowest BCUT2D eigenvalue weighted by atomic mass is 10.1. The predicted molar refractivity (Wildman–Crippen MR) is 84.0 cm³/mol. The highest BCUT2D eigenvalue weighted by atomic mass is 15.4. The van der Waals surface area contributed by atoms with Crippen LogP contribution in [0.2, 0.25) is 0 Å². The standard InChI is InChI=1S/C16H21N5/c1-3-7-17-10-13-4-5-14-6-8-21(16(14)9-13)12-15-11-20(2)19-18-15/h4-6,8-9,11,17H,3,7,10,12H2,1-2H3. The van der Waals surface area contributed by atoms with Crippen molar-refractivity contribution >= 4 is 10.9 Å². The van der Waals surface area contributed by atoms with Crippen LogP contribution in [0.1, 0.15) is 24.6 Å². The Kier molecular flexibility index (Phi) is 4.01. The predicted octanol–water partition coefficient (Wildman–Crippen LogP) is 2.32. The summed E-state index contributed by atoms with van der Waals surface area (Å²) in [7, 11) is 1.89. The smallest absolute Gasteiger partial charge is 0.102 e. The van der Waals surface area contributed by atoms with Crippen molar-refractivity contribution in [2.45, 2.75) is 26.4 Å². The van der Waals surface area contributed by atoms with E-state index >= 15 is 0 Å². The van der Waals surface area contributed by atoms with Gasteiger partial charge in [-0.3, -0.25) is 4.68 Å². The van der Waals surface area contributed by atoms with Crippen LogP contribution in [0, 0.1) is 0 Å². The number of fused-ring (bicyclic) bond motifs is 1. The molecule has 0 aliphatic rings. The Bertz CT molecular complexity index is 725. The number of nitrogens with zero attached hydrogens (tertiary/aromatic N) is 4. The van der Waals surface area contributed by atoms with Crippen molar-refractivity contribution in [3.63, 3.8) is 0 Å². The number of aryl methyl sites for hydroxylation is 1. The summed E-state index contributed by atoms with van der Waals surface area (Å²) in [5.41, 5.74) is 3.54. The molecule has 0 saturated carbocycles. The highest BCUT2D eigenvalue weighted by molar-refractivity contribution is 5.80. The van der Waals surface area contributed by atoms with Gasteiger partial charge in [0.05, 0.1) is 6.54 Å². The number of nitrogens with one attached hydrogen (secondary N) is 1. The van der Waals surface area contributed by atoms with Crippen LogP contribution >= 0.6 is 0 Å². The maximum absolute atomic E-state index is 4.16. The Morgan fingerprint density at radius 1 is 1.24 bits per heavy atom. The molecule has 2 aromatic heterocycles. The molecule has 110 valence electrons. The second kappa shape index (κ2) is 6.10. The fraction of sp³-hybridized carbons (Fsp3) is 0.375. The first-order valence-corrected chi connectivity index (χ1v) is 7.40. The fourth-order valence-electron chi connectivity index (χ4n) is 2.53. The van der Waals surface area contributed by atoms with Crippen LogP contribution in [0.3, 0.4) is 0 Å². The third kappa shape index (κ3) is 3.13. The van der Waals surface area contributed by atoms with E-state index in [9.17, 15) is 0 Å². The van der Waals surface area contributed by atoms with Gasteiger partial charge in [0.2, 0.25) is 0 Å². The van der Waals surface area contributed by atoms with E-state index in [1.54, 1.807) is 4.68 Å². The average Bonchev–Trinajstić information content (AvgIpc) is 3.07. The molecule has 0 aliphatic heterocycles. The van der Waals surface area contributed by atoms with Gasteiger partial charge in [-0.05, 0) is 36.0 Å². The molecule has 0 fully saturated rings. The maximum Gasteiger partial charge on any atom is 0.102 e. The number of rotatable bonds is 6. The molecule has 0 amide bonds. The van der Waals surface area contributed by atoms with Crippen molar-refractivity contribution in [3.05, 3.63) is 47.9 Å². The zero-order chi connectivity index (χ0) is 14.7. The molecule has 0 radical (unpaired) electrons. The molecule has 0 spiro atoms. The number of benzene rings is 1. The molecule has 0 aliphatic carbocycles. The minimum atomic E-state index is 0.753. The molecule has 0 atom stereocenters. The van der Waals surface area contributed by atoms with Gasteiger partial charge in [0.25, 0.3) is 0 Å². The van der Waals surface area contributed by atoms with E-state index in [2.05, 4.69) is 57.6 Å². The first-order chi connectivity index (χ1) is 10.3. The van der Waals surface area contributed by atoms with Crippen LogP contribution in [0.25, 0.3) is 10.9 Å². The normalized spacial score (nSPS) is 11.3. The second-order valence-corrected chi connectivity index (χ2v) is 5.40. The van der Waals surface area contributed by atoms with Gasteiger partial charge >= 0.3 is 0 Å². The Morgan fingerprint density at radius 2 is 2.14 bits per heavy atom. The minimum absolute atomic E-state index is 0.753. The van der Waals surface area contributed by atoms with Crippen molar-refractivity contribution in [3.8, 4) is 0 Å². The van der Waals surface area contributed by atoms with E-state index < -0.39 is 0 Å². The van der Waals surface area contributed by atoms with Crippen LogP contribution in [0.15, 0.2) is 36.7 Å². The molecule has 0 bridgehead atoms. The zero-order valence-electron chi connectivity index (χ0n) is 12.6. The van der Waals surface area contributed by atoms with Crippen LogP contribution in [0.5, 0.6) is 0 Å². The lowest BCUT2D eigenvalue weighted by molar-refractivity contribution is 0.675. The minimum Gasteiger partial charge on any atom is -0.341 e. The SMILES string of the molecule is CCCNCc1ccc2ccn(Cc3cn(C)nn3)c2c1. The van der Waals surface area contributed by atoms with E-state index in [-0.39, 0.29) is 0 Å². The summed E-state index contributed by atoms with van der Waals surface area (Å²) in [6, 6.07) is 8.78. The number of hydrogen-bond acceptors (Lipinski definition) is 3. The highest BCUT2D eigenvalue weighted by Crippen LogP contribution is 2.18. The Labute approximate surface area is 124 Å². The molecule has 21 heavy (non-hydrogen) atoms. The quantitative estimate of drug-likeness (QED) is 0.706. The fourth-order valence-corrected chi connectivity index (χ4v) is 2.53. The molecule has 0 unspecified atom stereocenters. The summed E-state index contributed by atoms with van der Waals surface area (Å²) in [6.07, 6.45) is 5.23. The van der Waals surface area contributed by atoms with Gasteiger partial charge in [0.1, 0.15) is 5.69 Å². The van der Waals surface area contributed by atoms with Gasteiger partial charge in [-0.1, -0.05) is 24.3 Å². The lowest BCUT2D eigenvalue weighted by Crippen LogP contribution is -2.13. The van der Waals surface area contributed by atoms with Crippen molar-refractivity contribution in [2.24, 2.45) is 7.05 Å². The van der Waals surface area contributed by atoms with Crippen molar-refractivity contribution in [1.82, 2.24) is 24.9 Å². The van der Waals surface area contributed by atoms with Gasteiger partial charge in [-0.25, -0.2) is 0 Å². The summed E-state index contributed by atoms with van der Waals surface area (Å²) in [5, 5.41) is 12.9. The summed E-state index contributed by atoms with van der Waals surface area (Å²) in [5.74, 6) is 0. The molecule has 3 rings (SSSR count). The van der Waals surface area contributed by atoms with E-state index in [4.69, 9.17) is 0 Å². The number of hydrogen-bond donors (Lipinski definition) is 1. The van der Waals surface area contributed by atoms with E-state index in [0.29, 0.717) is 0 Å². The lowest BCUT2D eigenvalue weighted by Gasteiger charge is -2.06. The average molecular weight is 283 g/mol. The number of aromatic nitrogens is 4. The first kappa shape index (κ1) is 13.8. The molecular formula is C16H21N5. The molecule has 0 saturated heterocycles. The summed E-state index contributed by atoms with van der Waals surface area (Å²) in [6.45, 7) is 4.91. The summed E-state index contributed by atoms with van der Waals surface area (Å²) < 4.78 is 3.96. The van der Waals surface area contributed by atoms with Crippen LogP contribution in [0.4, 0.5) is 0 Å². The van der Waals surface area contributed by atoms with E-state index in [1.165, 1.54) is 16.5 Å². The third-order valence-electron chi connectivity index (χ3n) is 3.58. The topological polar surface area (TPSA) is 47.7 Å². The largest absolute Gasteiger partial charge is 0.341 e. The monoisotopic (exact) mass is 283 g/mol. The van der Waals surface area contributed by atoms with Gasteiger partial charge in [-0.15, -0.1) is 5.10 Å². The summed E-state index contributed by atoms with van der Waals surface area (Å²) >= 11 is 0. The molecule has 5 nitrogen and oxygen atoms in total. The van der Waals surface area contributed by atoms with E-state index in [0.717, 1.165) is 31.7 Å². The Balaban J connectivity index is 1.83. The van der Waals surface area contributed by atoms with Crippen LogP contribution < -0.4 is 5.32 Å². The second-order valence-electron chi connectivity index (χ2n) is 5.40. The van der Waals surface area contributed by atoms with Gasteiger partial charge in [0, 0.05) is 31.5 Å². The first-order valence-electron chi connectivity index (χ1n) is 7.40. The van der Waals surface area contributed by atoms with Crippen LogP contribution in [-0.2, 0) is 20.1 Å². The third-order valence-corrected chi connectivity index (χ3v) is 3.58. The molecule has 1 aromatic carbocycles. The van der Waals surface area contributed by atoms with Gasteiger partial charge in [-0.2, -0.15) is 0 Å². The van der Waals surface area contributed by atoms with Crippen molar-refractivity contribution in [2.75, 3.05) is 6.54 Å². The maximum atomic E-state index is 4.16. The molecule has 1 N–H and O–H groups in total. The van der Waals surface area contributed by atoms with E-state index in [1.807, 2.05) is 13.2 Å². The molecule has 3 aromatic rings. The Hall–Kier alpha value is -2.14. The summed E-state index contributed by atoms with van der Waals surface area (Å²) in [4.78, 5) is 0. The van der Waals surface area contributed by atoms with Gasteiger partial charge in [0.15, 0.2) is 0 Å².